The van der Waals surface area contributed by atoms with E-state index in [1.165, 1.54) is 12.8 Å². The van der Waals surface area contributed by atoms with Crippen molar-refractivity contribution in [1.82, 2.24) is 0 Å². The van der Waals surface area contributed by atoms with Gasteiger partial charge in [0.1, 0.15) is 0 Å². The van der Waals surface area contributed by atoms with Crippen molar-refractivity contribution in [1.29, 1.82) is 0 Å². The minimum atomic E-state index is -1.07. The summed E-state index contributed by atoms with van der Waals surface area (Å²) in [4.78, 5) is 0. The molecule has 0 bridgehead atoms. The summed E-state index contributed by atoms with van der Waals surface area (Å²) in [5, 5.41) is 1.58. The molecule has 0 radical (unpaired) electrons. The van der Waals surface area contributed by atoms with Crippen LogP contribution in [0.1, 0.15) is 24.3 Å². The second kappa shape index (κ2) is 2.98. The van der Waals surface area contributed by atoms with E-state index in [0.29, 0.717) is 0 Å². The average Bonchev–Trinajstić information content (AvgIpc) is 2.85. The van der Waals surface area contributed by atoms with Gasteiger partial charge in [-0.25, -0.2) is 0 Å². The highest BCUT2D eigenvalue weighted by Crippen LogP contribution is 2.39. The maximum atomic E-state index is 2.40. The normalized spacial score (nSPS) is 17.5. The Kier molecular flexibility index (Phi) is 2.07. The zero-order valence-corrected chi connectivity index (χ0v) is 9.80. The van der Waals surface area contributed by atoms with Crippen LogP contribution in [0.2, 0.25) is 19.6 Å². The number of rotatable bonds is 2. The molecule has 1 aromatic rings. The summed E-state index contributed by atoms with van der Waals surface area (Å²) in [5.74, 6) is 0.899. The molecule has 0 aliphatic heterocycles. The first-order chi connectivity index (χ1) is 6.07. The van der Waals surface area contributed by atoms with Crippen LogP contribution in [0.25, 0.3) is 0 Å². The van der Waals surface area contributed by atoms with Gasteiger partial charge in [-0.3, -0.25) is 0 Å². The van der Waals surface area contributed by atoms with Crippen molar-refractivity contribution < 1.29 is 0 Å². The van der Waals surface area contributed by atoms with Gasteiger partial charge in [0, 0.05) is 0 Å². The molecule has 0 amide bonds. The van der Waals surface area contributed by atoms with Crippen molar-refractivity contribution in [2.75, 3.05) is 0 Å². The second-order valence-corrected chi connectivity index (χ2v) is 10.2. The molecule has 0 aromatic heterocycles. The summed E-state index contributed by atoms with van der Waals surface area (Å²) in [6, 6.07) is 9.37. The van der Waals surface area contributed by atoms with Gasteiger partial charge < -0.3 is 0 Å². The summed E-state index contributed by atoms with van der Waals surface area (Å²) < 4.78 is 0. The largest absolute Gasteiger partial charge is 0.0775 e. The molecule has 1 saturated carbocycles. The van der Waals surface area contributed by atoms with Gasteiger partial charge in [0.15, 0.2) is 0 Å². The number of benzene rings is 1. The molecule has 0 nitrogen and oxygen atoms in total. The Morgan fingerprint density at radius 2 is 1.54 bits per heavy atom. The first kappa shape index (κ1) is 9.01. The third-order valence-corrected chi connectivity index (χ3v) is 4.89. The van der Waals surface area contributed by atoms with E-state index in [0.717, 1.165) is 5.92 Å². The van der Waals surface area contributed by atoms with E-state index in [2.05, 4.69) is 43.9 Å². The SMILES string of the molecule is C[Si](C)(C)c1ccc(C2CC2)cc1. The van der Waals surface area contributed by atoms with Gasteiger partial charge in [-0.1, -0.05) is 49.1 Å². The van der Waals surface area contributed by atoms with Gasteiger partial charge in [-0.15, -0.1) is 0 Å². The van der Waals surface area contributed by atoms with Gasteiger partial charge in [-0.2, -0.15) is 0 Å². The van der Waals surface area contributed by atoms with Gasteiger partial charge in [0.25, 0.3) is 0 Å². The zero-order valence-electron chi connectivity index (χ0n) is 8.80. The molecule has 1 aromatic carbocycles. The fourth-order valence-electron chi connectivity index (χ4n) is 1.67. The molecule has 1 heteroatoms. The fraction of sp³-hybridized carbons (Fsp3) is 0.500. The molecule has 1 fully saturated rings. The molecule has 0 unspecified atom stereocenters. The van der Waals surface area contributed by atoms with Crippen LogP contribution in [-0.2, 0) is 0 Å². The van der Waals surface area contributed by atoms with Gasteiger partial charge in [0.2, 0.25) is 0 Å². The summed E-state index contributed by atoms with van der Waals surface area (Å²) >= 11 is 0. The van der Waals surface area contributed by atoms with Crippen LogP contribution in [0.15, 0.2) is 24.3 Å². The third kappa shape index (κ3) is 2.02. The maximum Gasteiger partial charge on any atom is 0.0775 e. The highest BCUT2D eigenvalue weighted by Gasteiger charge is 2.24. The molecular weight excluding hydrogens is 172 g/mol. The van der Waals surface area contributed by atoms with Crippen LogP contribution >= 0.6 is 0 Å². The lowest BCUT2D eigenvalue weighted by molar-refractivity contribution is 1.13. The first-order valence-corrected chi connectivity index (χ1v) is 8.68. The van der Waals surface area contributed by atoms with Crippen molar-refractivity contribution in [3.8, 4) is 0 Å². The lowest BCUT2D eigenvalue weighted by atomic mass is 10.1. The van der Waals surface area contributed by atoms with Crippen LogP contribution in [0.5, 0.6) is 0 Å². The van der Waals surface area contributed by atoms with E-state index in [1.807, 2.05) is 0 Å². The van der Waals surface area contributed by atoms with Crippen molar-refractivity contribution in [2.45, 2.75) is 38.4 Å². The Bertz CT molecular complexity index is 288. The Balaban J connectivity index is 2.22. The van der Waals surface area contributed by atoms with Crippen molar-refractivity contribution in [3.05, 3.63) is 29.8 Å². The predicted octanol–water partition coefficient (Wildman–Crippen LogP) is 3.11. The molecule has 0 spiro atoms. The minimum absolute atomic E-state index is 0.899. The van der Waals surface area contributed by atoms with E-state index in [9.17, 15) is 0 Å². The van der Waals surface area contributed by atoms with Crippen LogP contribution in [0.3, 0.4) is 0 Å². The Morgan fingerprint density at radius 1 is 1.00 bits per heavy atom. The van der Waals surface area contributed by atoms with Gasteiger partial charge >= 0.3 is 0 Å². The van der Waals surface area contributed by atoms with E-state index >= 15 is 0 Å². The lowest BCUT2D eigenvalue weighted by Crippen LogP contribution is -2.37. The molecule has 0 heterocycles. The first-order valence-electron chi connectivity index (χ1n) is 5.18. The van der Waals surface area contributed by atoms with E-state index in [-0.39, 0.29) is 0 Å². The fourth-order valence-corrected chi connectivity index (χ4v) is 2.84. The molecule has 1 aliphatic carbocycles. The summed E-state index contributed by atoms with van der Waals surface area (Å²) in [6.45, 7) is 7.21. The van der Waals surface area contributed by atoms with Gasteiger partial charge in [0.05, 0.1) is 8.07 Å². The maximum absolute atomic E-state index is 2.40. The van der Waals surface area contributed by atoms with Crippen molar-refractivity contribution in [3.63, 3.8) is 0 Å². The summed E-state index contributed by atoms with van der Waals surface area (Å²) in [6.07, 6.45) is 2.82. The highest BCUT2D eigenvalue weighted by atomic mass is 28.3. The average molecular weight is 190 g/mol. The molecule has 0 atom stereocenters. The zero-order chi connectivity index (χ0) is 9.47. The molecule has 13 heavy (non-hydrogen) atoms. The Morgan fingerprint density at radius 3 is 1.92 bits per heavy atom. The molecule has 70 valence electrons. The van der Waals surface area contributed by atoms with Crippen LogP contribution in [0, 0.1) is 0 Å². The minimum Gasteiger partial charge on any atom is -0.0656 e. The number of hydrogen-bond donors (Lipinski definition) is 0. The lowest BCUT2D eigenvalue weighted by Gasteiger charge is -2.16. The third-order valence-electron chi connectivity index (χ3n) is 2.83. The quantitative estimate of drug-likeness (QED) is 0.629. The smallest absolute Gasteiger partial charge is 0.0656 e. The Labute approximate surface area is 82.0 Å². The molecule has 1 aliphatic rings. The highest BCUT2D eigenvalue weighted by molar-refractivity contribution is 6.88. The molecule has 0 N–H and O–H groups in total. The second-order valence-electron chi connectivity index (χ2n) is 5.15. The molecule has 0 saturated heterocycles. The summed E-state index contributed by atoms with van der Waals surface area (Å²) in [5.41, 5.74) is 1.56. The van der Waals surface area contributed by atoms with Crippen molar-refractivity contribution >= 4 is 13.3 Å². The molecule has 2 rings (SSSR count). The summed E-state index contributed by atoms with van der Waals surface area (Å²) in [7, 11) is -1.07. The van der Waals surface area contributed by atoms with E-state index in [4.69, 9.17) is 0 Å². The topological polar surface area (TPSA) is 0 Å². The monoisotopic (exact) mass is 190 g/mol. The van der Waals surface area contributed by atoms with Crippen LogP contribution < -0.4 is 5.19 Å². The molecular formula is C12H18Si. The standard InChI is InChI=1S/C12H18Si/c1-13(2,3)12-8-6-11(7-9-12)10-4-5-10/h6-10H,4-5H2,1-3H3. The number of hydrogen-bond acceptors (Lipinski definition) is 0. The van der Waals surface area contributed by atoms with Crippen LogP contribution in [0.4, 0.5) is 0 Å². The van der Waals surface area contributed by atoms with Crippen LogP contribution in [-0.4, -0.2) is 8.07 Å². The Hall–Kier alpha value is -0.563. The van der Waals surface area contributed by atoms with E-state index < -0.39 is 8.07 Å². The van der Waals surface area contributed by atoms with E-state index in [1.54, 1.807) is 10.8 Å². The predicted molar refractivity (Wildman–Crippen MR) is 61.4 cm³/mol. The van der Waals surface area contributed by atoms with Crippen molar-refractivity contribution in [2.24, 2.45) is 0 Å². The van der Waals surface area contributed by atoms with Gasteiger partial charge in [-0.05, 0) is 24.3 Å².